The molecule has 1 nitrogen and oxygen atoms in total. The fraction of sp³-hybridized carbons (Fsp3) is 0.636. The molecule has 0 spiro atoms. The molecular formula is C22H31NSi. The minimum absolute atomic E-state index is 0.839. The van der Waals surface area contributed by atoms with Crippen molar-refractivity contribution < 1.29 is 0 Å². The van der Waals surface area contributed by atoms with Crippen LogP contribution >= 0.6 is 0 Å². The molecule has 2 heterocycles. The highest BCUT2D eigenvalue weighted by atomic mass is 28.2. The molecule has 4 rings (SSSR count). The molecule has 2 aliphatic heterocycles. The summed E-state index contributed by atoms with van der Waals surface area (Å²) in [4.78, 5) is 2.82. The molecule has 0 amide bonds. The zero-order chi connectivity index (χ0) is 16.2. The van der Waals surface area contributed by atoms with Gasteiger partial charge in [0.1, 0.15) is 0 Å². The predicted octanol–water partition coefficient (Wildman–Crippen LogP) is 4.43. The molecule has 1 aliphatic carbocycles. The van der Waals surface area contributed by atoms with Crippen molar-refractivity contribution in [3.63, 3.8) is 0 Å². The SMILES string of the molecule is C(=C1/CN2CCCC[C@H]2[C@@H]1C[Si]c1ccccc1)/C1CCCCC1. The van der Waals surface area contributed by atoms with Crippen molar-refractivity contribution in [2.75, 3.05) is 13.1 Å². The molecule has 0 bridgehead atoms. The minimum atomic E-state index is 0.839. The summed E-state index contributed by atoms with van der Waals surface area (Å²) in [5.74, 6) is 1.73. The average molecular weight is 338 g/mol. The molecule has 2 atom stereocenters. The molecule has 128 valence electrons. The van der Waals surface area contributed by atoms with Crippen molar-refractivity contribution in [1.82, 2.24) is 4.90 Å². The van der Waals surface area contributed by atoms with Crippen LogP contribution in [0.25, 0.3) is 0 Å². The number of piperidine rings is 1. The highest BCUT2D eigenvalue weighted by molar-refractivity contribution is 6.53. The van der Waals surface area contributed by atoms with E-state index in [0.29, 0.717) is 0 Å². The van der Waals surface area contributed by atoms with Crippen LogP contribution in [0.15, 0.2) is 42.0 Å². The van der Waals surface area contributed by atoms with Gasteiger partial charge in [-0.2, -0.15) is 0 Å². The van der Waals surface area contributed by atoms with Gasteiger partial charge in [0.15, 0.2) is 0 Å². The number of hydrogen-bond donors (Lipinski definition) is 0. The third kappa shape index (κ3) is 3.86. The summed E-state index contributed by atoms with van der Waals surface area (Å²) in [5, 5.41) is 1.55. The van der Waals surface area contributed by atoms with E-state index in [-0.39, 0.29) is 0 Å². The maximum absolute atomic E-state index is 2.82. The van der Waals surface area contributed by atoms with Crippen LogP contribution in [0, 0.1) is 11.8 Å². The molecular weight excluding hydrogens is 306 g/mol. The van der Waals surface area contributed by atoms with E-state index in [4.69, 9.17) is 0 Å². The van der Waals surface area contributed by atoms with Crippen molar-refractivity contribution >= 4 is 14.7 Å². The Labute approximate surface area is 150 Å². The Morgan fingerprint density at radius 2 is 1.75 bits per heavy atom. The van der Waals surface area contributed by atoms with Crippen molar-refractivity contribution in [3.8, 4) is 0 Å². The van der Waals surface area contributed by atoms with Gasteiger partial charge < -0.3 is 0 Å². The van der Waals surface area contributed by atoms with Crippen molar-refractivity contribution in [2.24, 2.45) is 11.8 Å². The summed E-state index contributed by atoms with van der Waals surface area (Å²) in [7, 11) is 0.973. The topological polar surface area (TPSA) is 3.24 Å². The van der Waals surface area contributed by atoms with Gasteiger partial charge in [0.2, 0.25) is 0 Å². The number of hydrogen-bond acceptors (Lipinski definition) is 1. The lowest BCUT2D eigenvalue weighted by molar-refractivity contribution is 0.177. The summed E-state index contributed by atoms with van der Waals surface area (Å²) >= 11 is 0. The van der Waals surface area contributed by atoms with Gasteiger partial charge >= 0.3 is 0 Å². The van der Waals surface area contributed by atoms with Gasteiger partial charge in [0.05, 0.1) is 9.52 Å². The first-order chi connectivity index (χ1) is 11.9. The molecule has 0 aromatic heterocycles. The van der Waals surface area contributed by atoms with Gasteiger partial charge in [-0.1, -0.05) is 72.9 Å². The number of benzene rings is 1. The first-order valence-electron chi connectivity index (χ1n) is 10.1. The molecule has 24 heavy (non-hydrogen) atoms. The first-order valence-corrected chi connectivity index (χ1v) is 11.3. The van der Waals surface area contributed by atoms with E-state index in [2.05, 4.69) is 41.3 Å². The summed E-state index contributed by atoms with van der Waals surface area (Å²) in [6, 6.07) is 13.4. The summed E-state index contributed by atoms with van der Waals surface area (Å²) in [6.07, 6.45) is 14.3. The molecule has 0 N–H and O–H groups in total. The number of nitrogens with zero attached hydrogens (tertiary/aromatic N) is 1. The zero-order valence-electron chi connectivity index (χ0n) is 14.9. The molecule has 3 aliphatic rings. The van der Waals surface area contributed by atoms with Gasteiger partial charge in [0.25, 0.3) is 0 Å². The van der Waals surface area contributed by atoms with Crippen molar-refractivity contribution in [3.05, 3.63) is 42.0 Å². The maximum Gasteiger partial charge on any atom is 0.0814 e. The zero-order valence-corrected chi connectivity index (χ0v) is 15.9. The Morgan fingerprint density at radius 1 is 0.958 bits per heavy atom. The normalized spacial score (nSPS) is 30.6. The lowest BCUT2D eigenvalue weighted by Crippen LogP contribution is -2.37. The van der Waals surface area contributed by atoms with Gasteiger partial charge in [-0.3, -0.25) is 4.90 Å². The third-order valence-corrected chi connectivity index (χ3v) is 7.78. The number of fused-ring (bicyclic) bond motifs is 1. The van der Waals surface area contributed by atoms with E-state index in [9.17, 15) is 0 Å². The summed E-state index contributed by atoms with van der Waals surface area (Å²) in [6.45, 7) is 2.63. The monoisotopic (exact) mass is 337 g/mol. The second-order valence-electron chi connectivity index (χ2n) is 8.03. The smallest absolute Gasteiger partial charge is 0.0814 e. The van der Waals surface area contributed by atoms with Crippen LogP contribution < -0.4 is 5.19 Å². The highest BCUT2D eigenvalue weighted by Crippen LogP contribution is 2.39. The van der Waals surface area contributed by atoms with Crippen LogP contribution in [0.1, 0.15) is 51.4 Å². The van der Waals surface area contributed by atoms with E-state index < -0.39 is 0 Å². The molecule has 1 saturated carbocycles. The maximum atomic E-state index is 2.82. The van der Waals surface area contributed by atoms with E-state index in [1.807, 2.05) is 5.57 Å². The standard InChI is InChI=1S/C22H31NSi/c1-3-9-18(10-4-1)15-19-16-23-14-8-7-13-22(23)21(19)17-24-20-11-5-2-6-12-20/h2,5-6,11-12,15,18,21-22H,1,3-4,7-10,13-14,16-17H2/b19-15+/t21-,22+/m1/s1. The molecule has 2 radical (unpaired) electrons. The fourth-order valence-electron chi connectivity index (χ4n) is 5.10. The van der Waals surface area contributed by atoms with Gasteiger partial charge in [-0.15, -0.1) is 0 Å². The largest absolute Gasteiger partial charge is 0.296 e. The second kappa shape index (κ2) is 8.01. The Bertz CT molecular complexity index is 546. The summed E-state index contributed by atoms with van der Waals surface area (Å²) < 4.78 is 0. The van der Waals surface area contributed by atoms with Crippen LogP contribution in [0.3, 0.4) is 0 Å². The van der Waals surface area contributed by atoms with Gasteiger partial charge in [0, 0.05) is 12.6 Å². The van der Waals surface area contributed by atoms with E-state index in [0.717, 1.165) is 27.4 Å². The first kappa shape index (κ1) is 16.6. The quantitative estimate of drug-likeness (QED) is 0.580. The van der Waals surface area contributed by atoms with Crippen LogP contribution in [-0.2, 0) is 0 Å². The van der Waals surface area contributed by atoms with Crippen LogP contribution in [0.5, 0.6) is 0 Å². The molecule has 2 heteroatoms. The molecule has 0 unspecified atom stereocenters. The molecule has 1 aromatic rings. The molecule has 2 saturated heterocycles. The van der Waals surface area contributed by atoms with Gasteiger partial charge in [-0.25, -0.2) is 0 Å². The third-order valence-electron chi connectivity index (χ3n) is 6.39. The number of rotatable bonds is 4. The lowest BCUT2D eigenvalue weighted by Gasteiger charge is -2.32. The summed E-state index contributed by atoms with van der Waals surface area (Å²) in [5.41, 5.74) is 1.82. The van der Waals surface area contributed by atoms with Crippen molar-refractivity contribution in [2.45, 2.75) is 63.5 Å². The molecule has 1 aromatic carbocycles. The van der Waals surface area contributed by atoms with E-state index in [1.54, 1.807) is 5.19 Å². The fourth-order valence-corrected chi connectivity index (χ4v) is 6.52. The lowest BCUT2D eigenvalue weighted by atomic mass is 9.85. The van der Waals surface area contributed by atoms with Crippen LogP contribution in [0.4, 0.5) is 0 Å². The van der Waals surface area contributed by atoms with Crippen molar-refractivity contribution in [1.29, 1.82) is 0 Å². The average Bonchev–Trinajstić information content (AvgIpc) is 2.99. The minimum Gasteiger partial charge on any atom is -0.296 e. The van der Waals surface area contributed by atoms with Crippen LogP contribution in [-0.4, -0.2) is 33.6 Å². The Kier molecular flexibility index (Phi) is 5.54. The van der Waals surface area contributed by atoms with Crippen LogP contribution in [0.2, 0.25) is 6.04 Å². The second-order valence-corrected chi connectivity index (χ2v) is 9.37. The highest BCUT2D eigenvalue weighted by Gasteiger charge is 2.38. The predicted molar refractivity (Wildman–Crippen MR) is 104 cm³/mol. The van der Waals surface area contributed by atoms with Gasteiger partial charge in [-0.05, 0) is 50.1 Å². The Morgan fingerprint density at radius 3 is 2.58 bits per heavy atom. The number of allylic oxidation sites excluding steroid dienone is 1. The Hall–Kier alpha value is -0.863. The van der Waals surface area contributed by atoms with E-state index >= 15 is 0 Å². The molecule has 3 fully saturated rings. The Balaban J connectivity index is 1.48. The van der Waals surface area contributed by atoms with E-state index in [1.165, 1.54) is 70.5 Å².